The molecule has 2 rings (SSSR count). The van der Waals surface area contributed by atoms with Crippen LogP contribution in [0.2, 0.25) is 0 Å². The number of rotatable bonds is 3. The van der Waals surface area contributed by atoms with E-state index >= 15 is 0 Å². The van der Waals surface area contributed by atoms with Gasteiger partial charge < -0.3 is 11.1 Å². The summed E-state index contributed by atoms with van der Waals surface area (Å²) >= 11 is 1.66. The van der Waals surface area contributed by atoms with E-state index in [0.717, 1.165) is 37.5 Å². The van der Waals surface area contributed by atoms with Crippen molar-refractivity contribution in [3.8, 4) is 0 Å². The van der Waals surface area contributed by atoms with Crippen molar-refractivity contribution in [2.45, 2.75) is 19.4 Å². The summed E-state index contributed by atoms with van der Waals surface area (Å²) in [4.78, 5) is 16.2. The molecule has 1 atom stereocenters. The third-order valence-corrected chi connectivity index (χ3v) is 4.09. The van der Waals surface area contributed by atoms with Crippen LogP contribution in [-0.4, -0.2) is 37.0 Å². The lowest BCUT2D eigenvalue weighted by Crippen LogP contribution is -2.39. The van der Waals surface area contributed by atoms with Crippen LogP contribution in [0, 0.1) is 6.92 Å². The molecule has 1 aromatic heterocycles. The molecule has 0 saturated carbocycles. The molecule has 4 nitrogen and oxygen atoms in total. The van der Waals surface area contributed by atoms with Crippen LogP contribution in [0.5, 0.6) is 0 Å². The molecule has 17 heavy (non-hydrogen) atoms. The maximum absolute atomic E-state index is 11.7. The van der Waals surface area contributed by atoms with E-state index in [0.29, 0.717) is 0 Å². The van der Waals surface area contributed by atoms with Gasteiger partial charge in [0.1, 0.15) is 6.04 Å². The minimum atomic E-state index is -0.256. The number of carbonyl (C=O) groups excluding carboxylic acids is 1. The van der Waals surface area contributed by atoms with Gasteiger partial charge in [0.05, 0.1) is 0 Å². The van der Waals surface area contributed by atoms with Gasteiger partial charge in [-0.05, 0) is 32.0 Å². The first-order chi connectivity index (χ1) is 8.18. The van der Waals surface area contributed by atoms with E-state index in [4.69, 9.17) is 5.73 Å². The summed E-state index contributed by atoms with van der Waals surface area (Å²) in [5, 5.41) is 3.34. The van der Waals surface area contributed by atoms with Crippen LogP contribution in [0.15, 0.2) is 12.1 Å². The molecule has 1 unspecified atom stereocenters. The molecular formula is C12H19N3OS. The fourth-order valence-electron chi connectivity index (χ4n) is 2.23. The number of amides is 1. The average molecular weight is 253 g/mol. The van der Waals surface area contributed by atoms with Gasteiger partial charge in [-0.2, -0.15) is 0 Å². The molecule has 1 fully saturated rings. The highest BCUT2D eigenvalue weighted by Crippen LogP contribution is 2.27. The lowest BCUT2D eigenvalue weighted by molar-refractivity contribution is -0.123. The lowest BCUT2D eigenvalue weighted by Gasteiger charge is -2.27. The van der Waals surface area contributed by atoms with Gasteiger partial charge in [-0.3, -0.25) is 9.69 Å². The normalized spacial score (nSPS) is 19.8. The quantitative estimate of drug-likeness (QED) is 0.840. The van der Waals surface area contributed by atoms with Gasteiger partial charge in [0.15, 0.2) is 0 Å². The Kier molecular flexibility index (Phi) is 4.15. The van der Waals surface area contributed by atoms with Gasteiger partial charge in [-0.1, -0.05) is 0 Å². The Morgan fingerprint density at radius 3 is 2.94 bits per heavy atom. The molecular weight excluding hydrogens is 234 g/mol. The average Bonchev–Trinajstić information content (AvgIpc) is 2.53. The van der Waals surface area contributed by atoms with E-state index in [1.165, 1.54) is 4.88 Å². The second-order valence-corrected chi connectivity index (χ2v) is 5.71. The fourth-order valence-corrected chi connectivity index (χ4v) is 3.25. The second-order valence-electron chi connectivity index (χ2n) is 4.39. The molecule has 0 aromatic carbocycles. The smallest absolute Gasteiger partial charge is 0.240 e. The van der Waals surface area contributed by atoms with Crippen molar-refractivity contribution in [3.05, 3.63) is 21.9 Å². The summed E-state index contributed by atoms with van der Waals surface area (Å²) in [6, 6.07) is 3.81. The fraction of sp³-hybridized carbons (Fsp3) is 0.583. The molecule has 0 bridgehead atoms. The Labute approximate surface area is 106 Å². The van der Waals surface area contributed by atoms with Crippen molar-refractivity contribution in [3.63, 3.8) is 0 Å². The Morgan fingerprint density at radius 2 is 2.29 bits per heavy atom. The summed E-state index contributed by atoms with van der Waals surface area (Å²) < 4.78 is 0. The molecule has 1 saturated heterocycles. The van der Waals surface area contributed by atoms with E-state index in [-0.39, 0.29) is 11.9 Å². The summed E-state index contributed by atoms with van der Waals surface area (Å²) in [6.45, 7) is 5.80. The van der Waals surface area contributed by atoms with Crippen LogP contribution in [0.4, 0.5) is 0 Å². The highest BCUT2D eigenvalue weighted by molar-refractivity contribution is 7.12. The second kappa shape index (κ2) is 5.62. The number of primary amides is 1. The van der Waals surface area contributed by atoms with Gasteiger partial charge in [-0.25, -0.2) is 0 Å². The van der Waals surface area contributed by atoms with Crippen molar-refractivity contribution in [2.75, 3.05) is 26.2 Å². The van der Waals surface area contributed by atoms with E-state index in [9.17, 15) is 4.79 Å². The summed E-state index contributed by atoms with van der Waals surface area (Å²) in [7, 11) is 0. The number of nitrogens with one attached hydrogen (secondary N) is 1. The molecule has 0 radical (unpaired) electrons. The van der Waals surface area contributed by atoms with Gasteiger partial charge in [0.25, 0.3) is 0 Å². The Balaban J connectivity index is 2.18. The largest absolute Gasteiger partial charge is 0.368 e. The van der Waals surface area contributed by atoms with Crippen LogP contribution in [-0.2, 0) is 4.79 Å². The van der Waals surface area contributed by atoms with Crippen LogP contribution in [0.25, 0.3) is 0 Å². The van der Waals surface area contributed by atoms with Crippen molar-refractivity contribution >= 4 is 17.2 Å². The van der Waals surface area contributed by atoms with Crippen LogP contribution in [0.3, 0.4) is 0 Å². The molecule has 1 aromatic rings. The van der Waals surface area contributed by atoms with Gasteiger partial charge in [0, 0.05) is 29.4 Å². The summed E-state index contributed by atoms with van der Waals surface area (Å²) in [5.74, 6) is -0.242. The van der Waals surface area contributed by atoms with E-state index in [2.05, 4.69) is 17.1 Å². The SMILES string of the molecule is Cc1ccc(C(C(N)=O)N2CCCNCC2)s1. The molecule has 94 valence electrons. The number of hydrogen-bond acceptors (Lipinski definition) is 4. The standard InChI is InChI=1S/C12H19N3OS/c1-9-3-4-10(17-9)11(12(13)16)15-7-2-5-14-6-8-15/h3-4,11,14H,2,5-8H2,1H3,(H2,13,16). The Hall–Kier alpha value is -0.910. The van der Waals surface area contributed by atoms with Crippen LogP contribution < -0.4 is 11.1 Å². The van der Waals surface area contributed by atoms with E-state index < -0.39 is 0 Å². The number of thiophene rings is 1. The molecule has 0 aliphatic carbocycles. The topological polar surface area (TPSA) is 58.4 Å². The van der Waals surface area contributed by atoms with Crippen LogP contribution in [0.1, 0.15) is 22.2 Å². The maximum Gasteiger partial charge on any atom is 0.240 e. The number of nitrogens with two attached hydrogens (primary N) is 1. The van der Waals surface area contributed by atoms with Crippen LogP contribution >= 0.6 is 11.3 Å². The van der Waals surface area contributed by atoms with Crippen molar-refractivity contribution < 1.29 is 4.79 Å². The molecule has 0 spiro atoms. The van der Waals surface area contributed by atoms with Crippen molar-refractivity contribution in [2.24, 2.45) is 5.73 Å². The minimum Gasteiger partial charge on any atom is -0.368 e. The third-order valence-electron chi connectivity index (χ3n) is 3.04. The predicted molar refractivity (Wildman–Crippen MR) is 70.1 cm³/mol. The monoisotopic (exact) mass is 253 g/mol. The van der Waals surface area contributed by atoms with Gasteiger partial charge in [-0.15, -0.1) is 11.3 Å². The molecule has 2 heterocycles. The lowest BCUT2D eigenvalue weighted by atomic mass is 10.2. The molecule has 1 amide bonds. The zero-order valence-corrected chi connectivity index (χ0v) is 10.9. The molecule has 1 aliphatic rings. The predicted octanol–water partition coefficient (Wildman–Crippen LogP) is 0.878. The van der Waals surface area contributed by atoms with E-state index in [1.54, 1.807) is 11.3 Å². The highest BCUT2D eigenvalue weighted by Gasteiger charge is 2.27. The minimum absolute atomic E-state index is 0.242. The number of aryl methyl sites for hydroxylation is 1. The summed E-state index contributed by atoms with van der Waals surface area (Å²) in [6.07, 6.45) is 1.06. The summed E-state index contributed by atoms with van der Waals surface area (Å²) in [5.41, 5.74) is 5.57. The van der Waals surface area contributed by atoms with Crippen molar-refractivity contribution in [1.82, 2.24) is 10.2 Å². The first kappa shape index (κ1) is 12.5. The van der Waals surface area contributed by atoms with Gasteiger partial charge >= 0.3 is 0 Å². The Morgan fingerprint density at radius 1 is 1.47 bits per heavy atom. The molecule has 5 heteroatoms. The van der Waals surface area contributed by atoms with Crippen molar-refractivity contribution in [1.29, 1.82) is 0 Å². The van der Waals surface area contributed by atoms with E-state index in [1.807, 2.05) is 12.1 Å². The highest BCUT2D eigenvalue weighted by atomic mass is 32.1. The van der Waals surface area contributed by atoms with Gasteiger partial charge in [0.2, 0.25) is 5.91 Å². The first-order valence-corrected chi connectivity index (χ1v) is 6.80. The molecule has 3 N–H and O–H groups in total. The number of nitrogens with zero attached hydrogens (tertiary/aromatic N) is 1. The third kappa shape index (κ3) is 3.06. The number of carbonyl (C=O) groups is 1. The maximum atomic E-state index is 11.7. The Bertz CT molecular complexity index is 383. The first-order valence-electron chi connectivity index (χ1n) is 5.99. The molecule has 1 aliphatic heterocycles. The zero-order chi connectivity index (χ0) is 12.3. The zero-order valence-electron chi connectivity index (χ0n) is 10.1. The number of hydrogen-bond donors (Lipinski definition) is 2.